The molecule has 0 radical (unpaired) electrons. The average molecular weight is 317 g/mol. The molecular formula is C17H27N5O. The molecule has 0 saturated heterocycles. The Kier molecular flexibility index (Phi) is 4.17. The standard InChI is InChI=1S/C17H27N5O/c1-11-6-5-7-12(8-11)9-18-16-20-14-13(15(23)21-16)10-19-22(14)17(2,3)4/h10-12H,5-9H2,1-4H3,(H2,18,20,21,23). The molecule has 0 amide bonds. The number of hydrogen-bond acceptors (Lipinski definition) is 4. The van der Waals surface area contributed by atoms with Gasteiger partial charge in [0.25, 0.3) is 5.56 Å². The predicted molar refractivity (Wildman–Crippen MR) is 92.8 cm³/mol. The molecule has 0 aromatic carbocycles. The fourth-order valence-electron chi connectivity index (χ4n) is 3.48. The van der Waals surface area contributed by atoms with Crippen molar-refractivity contribution >= 4 is 17.0 Å². The molecular weight excluding hydrogens is 290 g/mol. The number of H-pyrrole nitrogens is 1. The van der Waals surface area contributed by atoms with Crippen molar-refractivity contribution in [3.05, 3.63) is 16.6 Å². The molecule has 0 spiro atoms. The molecule has 3 rings (SSSR count). The van der Waals surface area contributed by atoms with Crippen molar-refractivity contribution in [3.8, 4) is 0 Å². The number of anilines is 1. The highest BCUT2D eigenvalue weighted by Gasteiger charge is 2.21. The number of hydrogen-bond donors (Lipinski definition) is 2. The summed E-state index contributed by atoms with van der Waals surface area (Å²) in [5, 5.41) is 8.20. The van der Waals surface area contributed by atoms with E-state index in [0.717, 1.165) is 12.5 Å². The molecule has 2 aromatic heterocycles. The van der Waals surface area contributed by atoms with Gasteiger partial charge in [0.1, 0.15) is 5.39 Å². The molecule has 2 unspecified atom stereocenters. The van der Waals surface area contributed by atoms with Crippen molar-refractivity contribution in [2.45, 2.75) is 58.9 Å². The van der Waals surface area contributed by atoms with E-state index in [1.54, 1.807) is 6.20 Å². The van der Waals surface area contributed by atoms with Gasteiger partial charge in [-0.25, -0.2) is 4.68 Å². The summed E-state index contributed by atoms with van der Waals surface area (Å²) < 4.78 is 1.81. The number of fused-ring (bicyclic) bond motifs is 1. The van der Waals surface area contributed by atoms with Crippen LogP contribution in [0.2, 0.25) is 0 Å². The van der Waals surface area contributed by atoms with Crippen LogP contribution in [0.1, 0.15) is 53.4 Å². The van der Waals surface area contributed by atoms with Crippen LogP contribution in [-0.2, 0) is 5.54 Å². The number of nitrogens with one attached hydrogen (secondary N) is 2. The lowest BCUT2D eigenvalue weighted by Crippen LogP contribution is -2.25. The van der Waals surface area contributed by atoms with Crippen LogP contribution in [0.4, 0.5) is 5.95 Å². The summed E-state index contributed by atoms with van der Waals surface area (Å²) in [5.74, 6) is 2.01. The summed E-state index contributed by atoms with van der Waals surface area (Å²) in [6.45, 7) is 9.35. The highest BCUT2D eigenvalue weighted by atomic mass is 16.1. The third-order valence-electron chi connectivity index (χ3n) is 4.68. The van der Waals surface area contributed by atoms with E-state index >= 15 is 0 Å². The topological polar surface area (TPSA) is 75.6 Å². The van der Waals surface area contributed by atoms with E-state index in [9.17, 15) is 4.79 Å². The molecule has 0 aliphatic heterocycles. The second-order valence-electron chi connectivity index (χ2n) is 7.90. The lowest BCUT2D eigenvalue weighted by molar-refractivity contribution is 0.293. The minimum absolute atomic E-state index is 0.134. The van der Waals surface area contributed by atoms with Gasteiger partial charge in [-0.1, -0.05) is 19.8 Å². The van der Waals surface area contributed by atoms with Crippen LogP contribution >= 0.6 is 0 Å². The summed E-state index contributed by atoms with van der Waals surface area (Å²) in [5.41, 5.74) is 0.296. The maximum atomic E-state index is 12.3. The first kappa shape index (κ1) is 16.0. The zero-order valence-electron chi connectivity index (χ0n) is 14.5. The summed E-state index contributed by atoms with van der Waals surface area (Å²) in [7, 11) is 0. The van der Waals surface area contributed by atoms with Crippen LogP contribution in [0.25, 0.3) is 11.0 Å². The molecule has 126 valence electrons. The molecule has 2 aromatic rings. The summed E-state index contributed by atoms with van der Waals surface area (Å²) >= 11 is 0. The molecule has 1 aliphatic rings. The van der Waals surface area contributed by atoms with E-state index in [-0.39, 0.29) is 11.1 Å². The minimum Gasteiger partial charge on any atom is -0.355 e. The van der Waals surface area contributed by atoms with E-state index < -0.39 is 0 Å². The molecule has 23 heavy (non-hydrogen) atoms. The highest BCUT2D eigenvalue weighted by Crippen LogP contribution is 2.28. The summed E-state index contributed by atoms with van der Waals surface area (Å²) in [6, 6.07) is 0. The third kappa shape index (κ3) is 3.41. The van der Waals surface area contributed by atoms with Crippen LogP contribution in [-0.4, -0.2) is 26.3 Å². The van der Waals surface area contributed by atoms with E-state index in [2.05, 4.69) is 48.1 Å². The first-order chi connectivity index (χ1) is 10.8. The normalized spacial score (nSPS) is 22.4. The maximum Gasteiger partial charge on any atom is 0.263 e. The monoisotopic (exact) mass is 317 g/mol. The minimum atomic E-state index is -0.210. The van der Waals surface area contributed by atoms with Gasteiger partial charge in [-0.05, 0) is 45.4 Å². The molecule has 1 fully saturated rings. The van der Waals surface area contributed by atoms with E-state index in [1.165, 1.54) is 25.7 Å². The zero-order chi connectivity index (χ0) is 16.6. The first-order valence-electron chi connectivity index (χ1n) is 8.57. The van der Waals surface area contributed by atoms with Crippen LogP contribution in [0.3, 0.4) is 0 Å². The van der Waals surface area contributed by atoms with Crippen molar-refractivity contribution in [3.63, 3.8) is 0 Å². The van der Waals surface area contributed by atoms with Crippen LogP contribution < -0.4 is 10.9 Å². The largest absolute Gasteiger partial charge is 0.355 e. The summed E-state index contributed by atoms with van der Waals surface area (Å²) in [4.78, 5) is 19.7. The first-order valence-corrected chi connectivity index (χ1v) is 8.57. The smallest absolute Gasteiger partial charge is 0.263 e. The van der Waals surface area contributed by atoms with Gasteiger partial charge in [-0.2, -0.15) is 10.1 Å². The van der Waals surface area contributed by atoms with Crippen molar-refractivity contribution < 1.29 is 0 Å². The van der Waals surface area contributed by atoms with Crippen molar-refractivity contribution in [2.24, 2.45) is 11.8 Å². The Morgan fingerprint density at radius 2 is 2.17 bits per heavy atom. The van der Waals surface area contributed by atoms with Gasteiger partial charge in [-0.15, -0.1) is 0 Å². The molecule has 6 nitrogen and oxygen atoms in total. The van der Waals surface area contributed by atoms with Crippen LogP contribution in [0.15, 0.2) is 11.0 Å². The quantitative estimate of drug-likeness (QED) is 0.912. The molecule has 1 saturated carbocycles. The lowest BCUT2D eigenvalue weighted by atomic mass is 9.82. The van der Waals surface area contributed by atoms with E-state index in [0.29, 0.717) is 22.9 Å². The Labute approximate surface area is 136 Å². The molecule has 2 heterocycles. The second kappa shape index (κ2) is 5.98. The number of aromatic nitrogens is 4. The zero-order valence-corrected chi connectivity index (χ0v) is 14.5. The van der Waals surface area contributed by atoms with Gasteiger partial charge < -0.3 is 5.32 Å². The van der Waals surface area contributed by atoms with Crippen LogP contribution in [0, 0.1) is 11.8 Å². The van der Waals surface area contributed by atoms with Crippen molar-refractivity contribution in [2.75, 3.05) is 11.9 Å². The molecule has 2 N–H and O–H groups in total. The van der Waals surface area contributed by atoms with E-state index in [4.69, 9.17) is 0 Å². The molecule has 0 bridgehead atoms. The fourth-order valence-corrected chi connectivity index (χ4v) is 3.48. The Morgan fingerprint density at radius 1 is 1.39 bits per heavy atom. The Bertz CT molecular complexity index is 740. The van der Waals surface area contributed by atoms with Gasteiger partial charge in [0.05, 0.1) is 11.7 Å². The number of nitrogens with zero attached hydrogens (tertiary/aromatic N) is 3. The molecule has 2 atom stereocenters. The van der Waals surface area contributed by atoms with Crippen molar-refractivity contribution in [1.29, 1.82) is 0 Å². The van der Waals surface area contributed by atoms with Gasteiger partial charge in [0.2, 0.25) is 5.95 Å². The van der Waals surface area contributed by atoms with Gasteiger partial charge in [0.15, 0.2) is 5.65 Å². The molecule has 6 heteroatoms. The summed E-state index contributed by atoms with van der Waals surface area (Å²) in [6.07, 6.45) is 6.73. The fraction of sp³-hybridized carbons (Fsp3) is 0.706. The predicted octanol–water partition coefficient (Wildman–Crippen LogP) is 3.11. The van der Waals surface area contributed by atoms with Crippen LogP contribution in [0.5, 0.6) is 0 Å². The maximum absolute atomic E-state index is 12.3. The Hall–Kier alpha value is -1.85. The Balaban J connectivity index is 1.82. The Morgan fingerprint density at radius 3 is 2.87 bits per heavy atom. The highest BCUT2D eigenvalue weighted by molar-refractivity contribution is 5.74. The third-order valence-corrected chi connectivity index (χ3v) is 4.68. The number of aromatic amines is 1. The number of rotatable bonds is 3. The average Bonchev–Trinajstić information content (AvgIpc) is 2.90. The SMILES string of the molecule is CC1CCCC(CNc2nc3c(cnn3C(C)(C)C)c(=O)[nH]2)C1. The lowest BCUT2D eigenvalue weighted by Gasteiger charge is -2.26. The molecule has 1 aliphatic carbocycles. The van der Waals surface area contributed by atoms with Gasteiger partial charge >= 0.3 is 0 Å². The van der Waals surface area contributed by atoms with Gasteiger partial charge in [-0.3, -0.25) is 9.78 Å². The van der Waals surface area contributed by atoms with Gasteiger partial charge in [0, 0.05) is 6.54 Å². The second-order valence-corrected chi connectivity index (χ2v) is 7.90. The van der Waals surface area contributed by atoms with E-state index in [1.807, 2.05) is 4.68 Å². The van der Waals surface area contributed by atoms with Crippen molar-refractivity contribution in [1.82, 2.24) is 19.7 Å².